The number of allylic oxidation sites excluding steroid dienone is 1. The summed E-state index contributed by atoms with van der Waals surface area (Å²) >= 11 is 0. The molecule has 0 saturated carbocycles. The third kappa shape index (κ3) is 10.2. The minimum Gasteiger partial charge on any atom is -0.387 e. The molecular weight excluding hydrogens is 264 g/mol. The van der Waals surface area contributed by atoms with E-state index in [0.717, 1.165) is 38.5 Å². The zero-order valence-electron chi connectivity index (χ0n) is 13.3. The van der Waals surface area contributed by atoms with Gasteiger partial charge in [-0.3, -0.25) is 0 Å². The molecule has 0 aliphatic heterocycles. The highest BCUT2D eigenvalue weighted by molar-refractivity contribution is 5.27. The van der Waals surface area contributed by atoms with Crippen molar-refractivity contribution in [3.8, 4) is 23.7 Å². The van der Waals surface area contributed by atoms with Crippen molar-refractivity contribution in [2.45, 2.75) is 70.2 Å². The van der Waals surface area contributed by atoms with Gasteiger partial charge >= 0.3 is 0 Å². The maximum Gasteiger partial charge on any atom is 0.144 e. The summed E-state index contributed by atoms with van der Waals surface area (Å²) in [6.45, 7) is 5.72. The van der Waals surface area contributed by atoms with E-state index in [-0.39, 0.29) is 0 Å². The highest BCUT2D eigenvalue weighted by Crippen LogP contribution is 2.13. The van der Waals surface area contributed by atoms with Crippen LogP contribution in [0.25, 0.3) is 0 Å². The number of unbranched alkanes of at least 4 members (excludes halogenated alkanes) is 4. The highest BCUT2D eigenvalue weighted by atomic mass is 16.5. The molecule has 0 amide bonds. The molecule has 0 rings (SSSR count). The zero-order valence-corrected chi connectivity index (χ0v) is 13.3. The topological polar surface area (TPSA) is 49.7 Å². The van der Waals surface area contributed by atoms with Gasteiger partial charge in [0.1, 0.15) is 12.2 Å². The van der Waals surface area contributed by atoms with Gasteiger partial charge in [-0.15, -0.1) is 6.58 Å². The van der Waals surface area contributed by atoms with Gasteiger partial charge in [0.15, 0.2) is 0 Å². The summed E-state index contributed by atoms with van der Waals surface area (Å²) in [7, 11) is 1.54. The van der Waals surface area contributed by atoms with Crippen molar-refractivity contribution in [2.75, 3.05) is 7.11 Å². The van der Waals surface area contributed by atoms with Crippen LogP contribution in [0, 0.1) is 23.7 Å². The first-order valence-electron chi connectivity index (χ1n) is 7.65. The molecule has 0 saturated heterocycles. The van der Waals surface area contributed by atoms with E-state index in [9.17, 15) is 10.2 Å². The summed E-state index contributed by atoms with van der Waals surface area (Å²) in [5, 5.41) is 19.9. The predicted octanol–water partition coefficient (Wildman–Crippen LogP) is 2.67. The highest BCUT2D eigenvalue weighted by Gasteiger charge is 2.24. The van der Waals surface area contributed by atoms with Gasteiger partial charge in [-0.25, -0.2) is 0 Å². The van der Waals surface area contributed by atoms with Crippen molar-refractivity contribution in [3.05, 3.63) is 12.7 Å². The third-order valence-corrected chi connectivity index (χ3v) is 3.15. The van der Waals surface area contributed by atoms with Crippen LogP contribution >= 0.6 is 0 Å². The molecule has 0 aliphatic rings. The number of ether oxygens (including phenoxy) is 1. The Hall–Kier alpha value is -1.26. The van der Waals surface area contributed by atoms with Gasteiger partial charge in [-0.2, -0.15) is 0 Å². The Morgan fingerprint density at radius 2 is 1.95 bits per heavy atom. The molecule has 0 aromatic heterocycles. The molecule has 3 unspecified atom stereocenters. The lowest BCUT2D eigenvalue weighted by Crippen LogP contribution is -2.37. The molecule has 0 aromatic carbocycles. The van der Waals surface area contributed by atoms with Crippen molar-refractivity contribution >= 4 is 0 Å². The Bertz CT molecular complexity index is 381. The second kappa shape index (κ2) is 13.7. The number of hydrogen-bond acceptors (Lipinski definition) is 3. The summed E-state index contributed by atoms with van der Waals surface area (Å²) in [6.07, 6.45) is 5.95. The van der Waals surface area contributed by atoms with E-state index in [0.29, 0.717) is 6.42 Å². The van der Waals surface area contributed by atoms with E-state index in [1.807, 2.05) is 13.0 Å². The average molecular weight is 292 g/mol. The molecule has 21 heavy (non-hydrogen) atoms. The van der Waals surface area contributed by atoms with E-state index in [4.69, 9.17) is 4.74 Å². The average Bonchev–Trinajstić information content (AvgIpc) is 2.50. The normalized spacial score (nSPS) is 14.1. The molecule has 0 fully saturated rings. The monoisotopic (exact) mass is 292 g/mol. The molecule has 3 heteroatoms. The van der Waals surface area contributed by atoms with Crippen molar-refractivity contribution in [3.63, 3.8) is 0 Å². The summed E-state index contributed by atoms with van der Waals surface area (Å²) in [5.74, 6) is 10.7. The van der Waals surface area contributed by atoms with E-state index in [1.165, 1.54) is 0 Å². The van der Waals surface area contributed by atoms with Crippen molar-refractivity contribution in [1.82, 2.24) is 0 Å². The van der Waals surface area contributed by atoms with Crippen LogP contribution in [0.3, 0.4) is 0 Å². The number of aliphatic hydroxyl groups is 2. The van der Waals surface area contributed by atoms with Crippen LogP contribution in [0.2, 0.25) is 0 Å². The Morgan fingerprint density at radius 1 is 1.19 bits per heavy atom. The first kappa shape index (κ1) is 19.7. The fraction of sp³-hybridized carbons (Fsp3) is 0.667. The number of aliphatic hydroxyl groups excluding tert-OH is 2. The van der Waals surface area contributed by atoms with Crippen LogP contribution < -0.4 is 0 Å². The molecule has 118 valence electrons. The smallest absolute Gasteiger partial charge is 0.144 e. The number of rotatable bonds is 10. The summed E-state index contributed by atoms with van der Waals surface area (Å²) in [6, 6.07) is 0. The van der Waals surface area contributed by atoms with Gasteiger partial charge in [-0.05, 0) is 37.5 Å². The lowest BCUT2D eigenvalue weighted by molar-refractivity contribution is -0.0611. The molecule has 0 radical (unpaired) electrons. The second-order valence-corrected chi connectivity index (χ2v) is 4.96. The molecule has 0 aromatic rings. The maximum absolute atomic E-state index is 10.0. The number of methoxy groups -OCH3 is 1. The van der Waals surface area contributed by atoms with Gasteiger partial charge in [0.05, 0.1) is 6.10 Å². The molecule has 0 aliphatic carbocycles. The summed E-state index contributed by atoms with van der Waals surface area (Å²) < 4.78 is 5.25. The molecular formula is C18H28O3. The largest absolute Gasteiger partial charge is 0.387 e. The van der Waals surface area contributed by atoms with Gasteiger partial charge in [0.25, 0.3) is 0 Å². The van der Waals surface area contributed by atoms with Crippen molar-refractivity contribution < 1.29 is 14.9 Å². The van der Waals surface area contributed by atoms with E-state index in [1.54, 1.807) is 7.11 Å². The van der Waals surface area contributed by atoms with Crippen LogP contribution in [0.5, 0.6) is 0 Å². The Kier molecular flexibility index (Phi) is 12.9. The van der Waals surface area contributed by atoms with Crippen LogP contribution in [-0.2, 0) is 4.74 Å². The zero-order chi connectivity index (χ0) is 15.9. The van der Waals surface area contributed by atoms with Gasteiger partial charge in [0.2, 0.25) is 0 Å². The standard InChI is InChI=1S/C18H28O3/c1-4-6-8-10-12-14-16(19)18(20)17(21-3)15-13-11-9-7-5-2/h5,16-20H,2,4,6-7,9,11,13,15H2,1,3H3. The maximum atomic E-state index is 10.0. The number of hydrogen-bond donors (Lipinski definition) is 2. The minimum atomic E-state index is -1.13. The van der Waals surface area contributed by atoms with Crippen LogP contribution in [0.4, 0.5) is 0 Å². The van der Waals surface area contributed by atoms with E-state index >= 15 is 0 Å². The minimum absolute atomic E-state index is 0.401. The summed E-state index contributed by atoms with van der Waals surface area (Å²) in [4.78, 5) is 0. The Morgan fingerprint density at radius 3 is 2.57 bits per heavy atom. The fourth-order valence-corrected chi connectivity index (χ4v) is 1.87. The summed E-state index contributed by atoms with van der Waals surface area (Å²) in [5.41, 5.74) is 0. The SMILES string of the molecule is C=CCCCCCC(OC)C(O)C(O)C#CC#CCCC. The van der Waals surface area contributed by atoms with Crippen LogP contribution in [-0.4, -0.2) is 35.6 Å². The first-order chi connectivity index (χ1) is 10.2. The quantitative estimate of drug-likeness (QED) is 0.370. The molecule has 2 N–H and O–H groups in total. The van der Waals surface area contributed by atoms with Crippen LogP contribution in [0.1, 0.15) is 51.9 Å². The fourth-order valence-electron chi connectivity index (χ4n) is 1.87. The second-order valence-electron chi connectivity index (χ2n) is 4.96. The van der Waals surface area contributed by atoms with Gasteiger partial charge in [0, 0.05) is 13.5 Å². The lowest BCUT2D eigenvalue weighted by Gasteiger charge is -2.23. The lowest BCUT2D eigenvalue weighted by atomic mass is 10.0. The van der Waals surface area contributed by atoms with Gasteiger partial charge in [-0.1, -0.05) is 37.7 Å². The molecule has 3 nitrogen and oxygen atoms in total. The Balaban J connectivity index is 4.20. The molecule has 0 spiro atoms. The Labute approximate surface area is 129 Å². The van der Waals surface area contributed by atoms with E-state index < -0.39 is 18.3 Å². The van der Waals surface area contributed by atoms with E-state index in [2.05, 4.69) is 30.3 Å². The molecule has 0 bridgehead atoms. The van der Waals surface area contributed by atoms with Crippen LogP contribution in [0.15, 0.2) is 12.7 Å². The molecule has 0 heterocycles. The molecule has 3 atom stereocenters. The first-order valence-corrected chi connectivity index (χ1v) is 7.65. The predicted molar refractivity (Wildman–Crippen MR) is 86.6 cm³/mol. The van der Waals surface area contributed by atoms with Gasteiger partial charge < -0.3 is 14.9 Å². The third-order valence-electron chi connectivity index (χ3n) is 3.15. The van der Waals surface area contributed by atoms with Crippen molar-refractivity contribution in [2.24, 2.45) is 0 Å². The van der Waals surface area contributed by atoms with Crippen molar-refractivity contribution in [1.29, 1.82) is 0 Å².